The lowest BCUT2D eigenvalue weighted by atomic mass is 9.94. The highest BCUT2D eigenvalue weighted by Crippen LogP contribution is 2.26. The number of hydrogen-bond acceptors (Lipinski definition) is 4. The molecule has 0 aliphatic carbocycles. The summed E-state index contributed by atoms with van der Waals surface area (Å²) >= 11 is 0. The van der Waals surface area contributed by atoms with E-state index in [1.165, 1.54) is 12.1 Å². The van der Waals surface area contributed by atoms with Crippen LogP contribution in [-0.4, -0.2) is 34.0 Å². The third-order valence-corrected chi connectivity index (χ3v) is 3.05. The zero-order valence-electron chi connectivity index (χ0n) is 9.29. The predicted molar refractivity (Wildman–Crippen MR) is 59.7 cm³/mol. The number of non-ortho nitro benzene ring substituents is 1. The van der Waals surface area contributed by atoms with Crippen molar-refractivity contribution in [2.45, 2.75) is 19.0 Å². The van der Waals surface area contributed by atoms with E-state index in [4.69, 9.17) is 5.11 Å². The van der Waals surface area contributed by atoms with Gasteiger partial charge in [-0.15, -0.1) is 0 Å². The van der Waals surface area contributed by atoms with Crippen LogP contribution >= 0.6 is 0 Å². The molecule has 0 unspecified atom stereocenters. The average Bonchev–Trinajstić information content (AvgIpc) is 2.26. The number of hydrogen-bond donors (Lipinski definition) is 1. The van der Waals surface area contributed by atoms with E-state index in [9.17, 15) is 14.9 Å². The molecule has 1 aromatic carbocycles. The maximum absolute atomic E-state index is 11.0. The lowest BCUT2D eigenvalue weighted by Gasteiger charge is -2.30. The van der Waals surface area contributed by atoms with Crippen LogP contribution in [0.3, 0.4) is 0 Å². The smallest absolute Gasteiger partial charge is 0.321 e. The third kappa shape index (κ3) is 2.12. The van der Waals surface area contributed by atoms with Crippen molar-refractivity contribution in [1.29, 1.82) is 0 Å². The van der Waals surface area contributed by atoms with Crippen LogP contribution in [0.25, 0.3) is 0 Å². The molecular formula is C11H12N2O4. The Morgan fingerprint density at radius 1 is 1.53 bits per heavy atom. The molecule has 1 aliphatic rings. The lowest BCUT2D eigenvalue weighted by molar-refractivity contribution is -0.385. The van der Waals surface area contributed by atoms with Gasteiger partial charge in [-0.1, -0.05) is 6.07 Å². The fraction of sp³-hybridized carbons (Fsp3) is 0.364. The van der Waals surface area contributed by atoms with Crippen molar-refractivity contribution in [3.05, 3.63) is 39.4 Å². The minimum absolute atomic E-state index is 0.0472. The maximum Gasteiger partial charge on any atom is 0.321 e. The molecule has 2 rings (SSSR count). The largest absolute Gasteiger partial charge is 0.480 e. The van der Waals surface area contributed by atoms with Crippen molar-refractivity contribution >= 4 is 11.7 Å². The summed E-state index contributed by atoms with van der Waals surface area (Å²) in [5, 5.41) is 19.7. The van der Waals surface area contributed by atoms with Gasteiger partial charge in [-0.3, -0.25) is 19.8 Å². The molecule has 0 fully saturated rings. The molecule has 0 spiro atoms. The molecule has 1 heterocycles. The summed E-state index contributed by atoms with van der Waals surface area (Å²) in [7, 11) is 1.71. The second kappa shape index (κ2) is 4.14. The molecule has 0 radical (unpaired) electrons. The molecule has 1 aromatic rings. The van der Waals surface area contributed by atoms with Crippen molar-refractivity contribution in [3.8, 4) is 0 Å². The molecule has 0 saturated carbocycles. The van der Waals surface area contributed by atoms with E-state index in [-0.39, 0.29) is 5.69 Å². The predicted octanol–water partition coefficient (Wildman–Crippen LogP) is 1.04. The molecule has 90 valence electrons. The van der Waals surface area contributed by atoms with Gasteiger partial charge in [0.05, 0.1) is 4.92 Å². The van der Waals surface area contributed by atoms with Crippen molar-refractivity contribution in [2.24, 2.45) is 0 Å². The van der Waals surface area contributed by atoms with Gasteiger partial charge in [0.1, 0.15) is 6.04 Å². The molecule has 0 bridgehead atoms. The minimum Gasteiger partial charge on any atom is -0.480 e. The fourth-order valence-corrected chi connectivity index (χ4v) is 2.09. The van der Waals surface area contributed by atoms with Crippen LogP contribution in [0, 0.1) is 10.1 Å². The van der Waals surface area contributed by atoms with Gasteiger partial charge in [-0.25, -0.2) is 0 Å². The van der Waals surface area contributed by atoms with Crippen molar-refractivity contribution < 1.29 is 14.8 Å². The quantitative estimate of drug-likeness (QED) is 0.612. The summed E-state index contributed by atoms with van der Waals surface area (Å²) in [4.78, 5) is 22.9. The Morgan fingerprint density at radius 3 is 2.82 bits per heavy atom. The summed E-state index contributed by atoms with van der Waals surface area (Å²) in [5.74, 6) is -0.864. The molecular weight excluding hydrogens is 224 g/mol. The van der Waals surface area contributed by atoms with E-state index >= 15 is 0 Å². The van der Waals surface area contributed by atoms with Crippen molar-refractivity contribution in [3.63, 3.8) is 0 Å². The van der Waals surface area contributed by atoms with Gasteiger partial charge in [0.25, 0.3) is 5.69 Å². The fourth-order valence-electron chi connectivity index (χ4n) is 2.09. The van der Waals surface area contributed by atoms with E-state index in [2.05, 4.69) is 0 Å². The molecule has 1 aliphatic heterocycles. The molecule has 17 heavy (non-hydrogen) atoms. The topological polar surface area (TPSA) is 83.7 Å². The minimum atomic E-state index is -0.864. The average molecular weight is 236 g/mol. The zero-order valence-corrected chi connectivity index (χ0v) is 9.29. The SMILES string of the molecule is CN1Cc2cc([N+](=O)[O-])ccc2C[C@H]1C(=O)O. The summed E-state index contributed by atoms with van der Waals surface area (Å²) < 4.78 is 0. The van der Waals surface area contributed by atoms with Crippen molar-refractivity contribution in [2.75, 3.05) is 7.05 Å². The normalized spacial score (nSPS) is 19.7. The second-order valence-corrected chi connectivity index (χ2v) is 4.18. The molecule has 6 nitrogen and oxygen atoms in total. The van der Waals surface area contributed by atoms with Crippen LogP contribution in [0.1, 0.15) is 11.1 Å². The van der Waals surface area contributed by atoms with Gasteiger partial charge >= 0.3 is 5.97 Å². The number of benzene rings is 1. The van der Waals surface area contributed by atoms with Crippen molar-refractivity contribution in [1.82, 2.24) is 4.90 Å². The summed E-state index contributed by atoms with van der Waals surface area (Å²) in [6.45, 7) is 0.425. The lowest BCUT2D eigenvalue weighted by Crippen LogP contribution is -2.43. The number of carbonyl (C=O) groups is 1. The Labute approximate surface area is 97.6 Å². The van der Waals surface area contributed by atoms with E-state index in [0.717, 1.165) is 11.1 Å². The Bertz CT molecular complexity index is 486. The van der Waals surface area contributed by atoms with Crippen LogP contribution in [0.2, 0.25) is 0 Å². The zero-order chi connectivity index (χ0) is 12.6. The molecule has 6 heteroatoms. The van der Waals surface area contributed by atoms with Crippen LogP contribution in [0.15, 0.2) is 18.2 Å². The number of fused-ring (bicyclic) bond motifs is 1. The summed E-state index contributed by atoms with van der Waals surface area (Å²) in [6.07, 6.45) is 0.388. The van der Waals surface area contributed by atoms with E-state index in [1.807, 2.05) is 0 Å². The van der Waals surface area contributed by atoms with Crippen LogP contribution in [-0.2, 0) is 17.8 Å². The summed E-state index contributed by atoms with van der Waals surface area (Å²) in [6, 6.07) is 4.03. The first-order chi connectivity index (χ1) is 7.99. The number of carboxylic acids is 1. The Kier molecular flexibility index (Phi) is 2.81. The highest BCUT2D eigenvalue weighted by molar-refractivity contribution is 5.74. The Morgan fingerprint density at radius 2 is 2.24 bits per heavy atom. The molecule has 0 aromatic heterocycles. The van der Waals surface area contributed by atoms with Gasteiger partial charge in [0.15, 0.2) is 0 Å². The summed E-state index contributed by atoms with van der Waals surface area (Å²) in [5.41, 5.74) is 1.76. The monoisotopic (exact) mass is 236 g/mol. The van der Waals surface area contributed by atoms with E-state index < -0.39 is 16.9 Å². The Hall–Kier alpha value is -1.95. The van der Waals surface area contributed by atoms with Crippen LogP contribution in [0.4, 0.5) is 5.69 Å². The number of likely N-dealkylation sites (N-methyl/N-ethyl adjacent to an activating group) is 1. The molecule has 0 amide bonds. The maximum atomic E-state index is 11.0. The number of nitrogens with zero attached hydrogens (tertiary/aromatic N) is 2. The van der Waals surface area contributed by atoms with Gasteiger partial charge < -0.3 is 5.11 Å². The highest BCUT2D eigenvalue weighted by atomic mass is 16.6. The highest BCUT2D eigenvalue weighted by Gasteiger charge is 2.29. The van der Waals surface area contributed by atoms with Gasteiger partial charge in [0, 0.05) is 18.7 Å². The number of aliphatic carboxylic acids is 1. The number of rotatable bonds is 2. The Balaban J connectivity index is 2.35. The van der Waals surface area contributed by atoms with Crippen LogP contribution < -0.4 is 0 Å². The van der Waals surface area contributed by atoms with E-state index in [0.29, 0.717) is 13.0 Å². The molecule has 0 saturated heterocycles. The second-order valence-electron chi connectivity index (χ2n) is 4.18. The van der Waals surface area contributed by atoms with Gasteiger partial charge in [-0.2, -0.15) is 0 Å². The first kappa shape index (κ1) is 11.5. The number of carboxylic acid groups (broad SMARTS) is 1. The number of nitro benzene ring substituents is 1. The van der Waals surface area contributed by atoms with Gasteiger partial charge in [-0.05, 0) is 24.6 Å². The third-order valence-electron chi connectivity index (χ3n) is 3.05. The molecule has 1 N–H and O–H groups in total. The van der Waals surface area contributed by atoms with E-state index in [1.54, 1.807) is 18.0 Å². The standard InChI is InChI=1S/C11H12N2O4/c1-12-6-8-4-9(13(16)17)3-2-7(8)5-10(12)11(14)15/h2-4,10H,5-6H2,1H3,(H,14,15)/t10-/m0/s1. The van der Waals surface area contributed by atoms with Gasteiger partial charge in [0.2, 0.25) is 0 Å². The first-order valence-electron chi connectivity index (χ1n) is 5.18. The van der Waals surface area contributed by atoms with Crippen LogP contribution in [0.5, 0.6) is 0 Å². The number of nitro groups is 1. The molecule has 1 atom stereocenters. The first-order valence-corrected chi connectivity index (χ1v) is 5.18.